The monoisotopic (exact) mass is 465 g/mol. The van der Waals surface area contributed by atoms with E-state index in [9.17, 15) is 14.4 Å². The van der Waals surface area contributed by atoms with Crippen LogP contribution in [0.2, 0.25) is 0 Å². The lowest BCUT2D eigenvalue weighted by Crippen LogP contribution is -2.48. The van der Waals surface area contributed by atoms with Gasteiger partial charge in [0.1, 0.15) is 6.17 Å². The molecule has 3 amide bonds. The first-order valence-electron chi connectivity index (χ1n) is 11.4. The van der Waals surface area contributed by atoms with Gasteiger partial charge in [-0.25, -0.2) is 0 Å². The number of anilines is 1. The van der Waals surface area contributed by atoms with Crippen molar-refractivity contribution in [1.29, 1.82) is 0 Å². The fourth-order valence-corrected chi connectivity index (χ4v) is 5.02. The smallest absolute Gasteiger partial charge is 0.264 e. The summed E-state index contributed by atoms with van der Waals surface area (Å²) in [5, 5.41) is 0. The predicted octanol–water partition coefficient (Wildman–Crippen LogP) is 2.46. The van der Waals surface area contributed by atoms with E-state index in [0.717, 1.165) is 0 Å². The van der Waals surface area contributed by atoms with E-state index in [1.165, 1.54) is 14.2 Å². The van der Waals surface area contributed by atoms with Crippen molar-refractivity contribution in [3.05, 3.63) is 53.1 Å². The Balaban J connectivity index is 1.48. The Morgan fingerprint density at radius 1 is 1.03 bits per heavy atom. The number of nitrogens with zero attached hydrogens (tertiary/aromatic N) is 3. The van der Waals surface area contributed by atoms with Gasteiger partial charge >= 0.3 is 0 Å². The van der Waals surface area contributed by atoms with E-state index in [1.54, 1.807) is 39.0 Å². The average Bonchev–Trinajstić information content (AvgIpc) is 3.18. The van der Waals surface area contributed by atoms with Gasteiger partial charge in [0.25, 0.3) is 11.8 Å². The van der Waals surface area contributed by atoms with Gasteiger partial charge in [0.15, 0.2) is 11.5 Å². The van der Waals surface area contributed by atoms with Crippen LogP contribution in [-0.2, 0) is 9.53 Å². The fourth-order valence-electron chi connectivity index (χ4n) is 5.02. The van der Waals surface area contributed by atoms with E-state index in [4.69, 9.17) is 14.2 Å². The molecule has 0 saturated carbocycles. The number of fused-ring (bicyclic) bond motifs is 5. The molecule has 9 heteroatoms. The number of para-hydroxylation sites is 1. The van der Waals surface area contributed by atoms with Crippen LogP contribution in [0.15, 0.2) is 36.4 Å². The lowest BCUT2D eigenvalue weighted by atomic mass is 10.0. The summed E-state index contributed by atoms with van der Waals surface area (Å²) in [5.41, 5.74) is 2.11. The van der Waals surface area contributed by atoms with Crippen molar-refractivity contribution >= 4 is 23.4 Å². The Hall–Kier alpha value is -3.59. The summed E-state index contributed by atoms with van der Waals surface area (Å²) in [5.74, 6) is 0.457. The summed E-state index contributed by atoms with van der Waals surface area (Å²) < 4.78 is 16.3. The summed E-state index contributed by atoms with van der Waals surface area (Å²) in [4.78, 5) is 45.0. The molecule has 2 aromatic rings. The first-order chi connectivity index (χ1) is 16.6. The van der Waals surface area contributed by atoms with E-state index >= 15 is 0 Å². The first-order valence-corrected chi connectivity index (χ1v) is 11.4. The van der Waals surface area contributed by atoms with Crippen LogP contribution in [-0.4, -0.2) is 74.6 Å². The highest BCUT2D eigenvalue weighted by molar-refractivity contribution is 6.18. The summed E-state index contributed by atoms with van der Waals surface area (Å²) in [7, 11) is 3.02. The Kier molecular flexibility index (Phi) is 5.87. The molecule has 0 spiro atoms. The largest absolute Gasteiger partial charge is 0.493 e. The summed E-state index contributed by atoms with van der Waals surface area (Å²) >= 11 is 0. The molecule has 34 heavy (non-hydrogen) atoms. The highest BCUT2D eigenvalue weighted by Gasteiger charge is 2.49. The number of carbonyl (C=O) groups excluding carboxylic acids is 3. The van der Waals surface area contributed by atoms with Gasteiger partial charge in [-0.1, -0.05) is 18.2 Å². The molecule has 1 fully saturated rings. The third-order valence-electron chi connectivity index (χ3n) is 6.64. The van der Waals surface area contributed by atoms with Crippen molar-refractivity contribution < 1.29 is 28.6 Å². The van der Waals surface area contributed by atoms with Gasteiger partial charge in [-0.2, -0.15) is 0 Å². The number of methoxy groups -OCH3 is 2. The van der Waals surface area contributed by atoms with E-state index in [0.29, 0.717) is 79.6 Å². The van der Waals surface area contributed by atoms with Gasteiger partial charge in [0, 0.05) is 31.6 Å². The zero-order valence-corrected chi connectivity index (χ0v) is 19.3. The molecule has 1 saturated heterocycles. The van der Waals surface area contributed by atoms with Gasteiger partial charge in [-0.05, 0) is 24.6 Å². The summed E-state index contributed by atoms with van der Waals surface area (Å²) in [6.45, 7) is 2.62. The van der Waals surface area contributed by atoms with Crippen molar-refractivity contribution in [1.82, 2.24) is 9.80 Å². The number of morpholine rings is 1. The fraction of sp³-hybridized carbons (Fsp3) is 0.400. The van der Waals surface area contributed by atoms with Crippen LogP contribution in [0.3, 0.4) is 0 Å². The van der Waals surface area contributed by atoms with Gasteiger partial charge in [-0.3, -0.25) is 19.3 Å². The molecule has 0 unspecified atom stereocenters. The van der Waals surface area contributed by atoms with E-state index in [1.807, 2.05) is 12.1 Å². The third kappa shape index (κ3) is 3.47. The van der Waals surface area contributed by atoms with Crippen molar-refractivity contribution in [3.8, 4) is 11.5 Å². The molecule has 0 aliphatic carbocycles. The average molecular weight is 466 g/mol. The van der Waals surface area contributed by atoms with Gasteiger partial charge in [0.05, 0.1) is 44.2 Å². The topological polar surface area (TPSA) is 88.6 Å². The standard InChI is InChI=1S/C25H27N3O6/c1-32-19-10-9-17-21(22(19)33-2)25(31)28-18-7-4-3-6-16(18)24(30)27(23(17)28)11-5-8-20(29)26-12-14-34-15-13-26/h3-4,6-7,9-10,23H,5,8,11-15H2,1-2H3/t23-/m0/s1. The van der Waals surface area contributed by atoms with E-state index < -0.39 is 6.17 Å². The maximum Gasteiger partial charge on any atom is 0.264 e. The van der Waals surface area contributed by atoms with Gasteiger partial charge in [-0.15, -0.1) is 0 Å². The number of rotatable bonds is 6. The normalized spacial score (nSPS) is 19.0. The summed E-state index contributed by atoms with van der Waals surface area (Å²) in [6.07, 6.45) is 0.207. The SMILES string of the molecule is COc1ccc2c(c1OC)C(=O)N1c3ccccc3C(=O)N(CCCC(=O)N3CCOCC3)[C@H]21. The zero-order chi connectivity index (χ0) is 23.8. The van der Waals surface area contributed by atoms with Gasteiger partial charge < -0.3 is 24.0 Å². The molecule has 2 aromatic carbocycles. The molecule has 9 nitrogen and oxygen atoms in total. The molecule has 0 N–H and O–H groups in total. The number of carbonyl (C=O) groups is 3. The van der Waals surface area contributed by atoms with Crippen LogP contribution < -0.4 is 14.4 Å². The summed E-state index contributed by atoms with van der Waals surface area (Å²) in [6, 6.07) is 10.7. The predicted molar refractivity (Wildman–Crippen MR) is 123 cm³/mol. The molecule has 5 rings (SSSR count). The Labute approximate surface area is 197 Å². The van der Waals surface area contributed by atoms with Crippen LogP contribution in [0, 0.1) is 0 Å². The van der Waals surface area contributed by atoms with E-state index in [-0.39, 0.29) is 17.7 Å². The molecule has 3 aliphatic heterocycles. The number of benzene rings is 2. The van der Waals surface area contributed by atoms with Crippen LogP contribution in [0.1, 0.15) is 45.3 Å². The van der Waals surface area contributed by atoms with Crippen molar-refractivity contribution in [2.45, 2.75) is 19.0 Å². The second-order valence-corrected chi connectivity index (χ2v) is 8.43. The minimum atomic E-state index is -0.608. The molecular weight excluding hydrogens is 438 g/mol. The van der Waals surface area contributed by atoms with Crippen LogP contribution in [0.4, 0.5) is 5.69 Å². The minimum Gasteiger partial charge on any atom is -0.493 e. The number of amides is 3. The molecule has 0 aromatic heterocycles. The zero-order valence-electron chi connectivity index (χ0n) is 19.3. The van der Waals surface area contributed by atoms with Crippen LogP contribution >= 0.6 is 0 Å². The maximum absolute atomic E-state index is 13.7. The third-order valence-corrected chi connectivity index (χ3v) is 6.64. The molecule has 3 heterocycles. The molecule has 178 valence electrons. The number of hydrogen-bond donors (Lipinski definition) is 0. The Morgan fingerprint density at radius 3 is 2.53 bits per heavy atom. The van der Waals surface area contributed by atoms with Crippen molar-refractivity contribution in [2.24, 2.45) is 0 Å². The quantitative estimate of drug-likeness (QED) is 0.651. The lowest BCUT2D eigenvalue weighted by Gasteiger charge is -2.41. The first kappa shape index (κ1) is 22.2. The second kappa shape index (κ2) is 8.98. The second-order valence-electron chi connectivity index (χ2n) is 8.43. The Morgan fingerprint density at radius 2 is 1.79 bits per heavy atom. The highest BCUT2D eigenvalue weighted by Crippen LogP contribution is 2.49. The van der Waals surface area contributed by atoms with Crippen molar-refractivity contribution in [3.63, 3.8) is 0 Å². The molecule has 0 bridgehead atoms. The van der Waals surface area contributed by atoms with Crippen LogP contribution in [0.5, 0.6) is 11.5 Å². The van der Waals surface area contributed by atoms with Crippen LogP contribution in [0.25, 0.3) is 0 Å². The molecular formula is C25H27N3O6. The molecule has 1 atom stereocenters. The lowest BCUT2D eigenvalue weighted by molar-refractivity contribution is -0.135. The number of hydrogen-bond acceptors (Lipinski definition) is 6. The van der Waals surface area contributed by atoms with Gasteiger partial charge in [0.2, 0.25) is 5.91 Å². The van der Waals surface area contributed by atoms with E-state index in [2.05, 4.69) is 0 Å². The maximum atomic E-state index is 13.7. The number of ether oxygens (including phenoxy) is 3. The molecule has 0 radical (unpaired) electrons. The Bertz CT molecular complexity index is 1140. The minimum absolute atomic E-state index is 0.0549. The highest BCUT2D eigenvalue weighted by atomic mass is 16.5. The molecule has 3 aliphatic rings. The van der Waals surface area contributed by atoms with Crippen molar-refractivity contribution in [2.75, 3.05) is 52.0 Å².